The second-order valence-corrected chi connectivity index (χ2v) is 4.67. The fourth-order valence-corrected chi connectivity index (χ4v) is 1.99. The number of hydrogen-bond donors (Lipinski definition) is 0. The molecule has 0 aromatic heterocycles. The minimum atomic E-state index is -0.454. The average Bonchev–Trinajstić information content (AvgIpc) is 2.41. The second kappa shape index (κ2) is 8.24. The zero-order valence-electron chi connectivity index (χ0n) is 11.0. The van der Waals surface area contributed by atoms with Crippen LogP contribution in [0.25, 0.3) is 0 Å². The third kappa shape index (κ3) is 4.56. The first-order chi connectivity index (χ1) is 9.11. The zero-order valence-corrected chi connectivity index (χ0v) is 12.6. The number of hydrogen-bond acceptors (Lipinski definition) is 3. The van der Waals surface area contributed by atoms with Crippen LogP contribution >= 0.6 is 15.9 Å². The first kappa shape index (κ1) is 16.1. The van der Waals surface area contributed by atoms with Gasteiger partial charge in [-0.1, -0.05) is 6.07 Å². The summed E-state index contributed by atoms with van der Waals surface area (Å²) in [4.78, 5) is 13.9. The molecule has 0 saturated carbocycles. The Labute approximate surface area is 120 Å². The van der Waals surface area contributed by atoms with E-state index in [2.05, 4.69) is 15.9 Å². The van der Waals surface area contributed by atoms with Crippen LogP contribution < -0.4 is 0 Å². The maximum atomic E-state index is 13.4. The van der Waals surface area contributed by atoms with Crippen molar-refractivity contribution in [3.05, 3.63) is 34.1 Å². The molecule has 0 saturated heterocycles. The molecule has 0 bridgehead atoms. The SMILES string of the molecule is COCCN(CCOC)C(=O)c1cccc(F)c1Br. The number of nitrogens with zero attached hydrogens (tertiary/aromatic N) is 1. The number of ether oxygens (including phenoxy) is 2. The van der Waals surface area contributed by atoms with Crippen LogP contribution in [-0.2, 0) is 9.47 Å². The van der Waals surface area contributed by atoms with Crippen LogP contribution in [-0.4, -0.2) is 51.3 Å². The number of benzene rings is 1. The van der Waals surface area contributed by atoms with Gasteiger partial charge in [0.1, 0.15) is 5.82 Å². The normalized spacial score (nSPS) is 10.5. The van der Waals surface area contributed by atoms with E-state index in [0.29, 0.717) is 31.9 Å². The molecule has 6 heteroatoms. The molecular formula is C13H17BrFNO3. The van der Waals surface area contributed by atoms with Gasteiger partial charge in [-0.3, -0.25) is 4.79 Å². The smallest absolute Gasteiger partial charge is 0.255 e. The quantitative estimate of drug-likeness (QED) is 0.768. The summed E-state index contributed by atoms with van der Waals surface area (Å²) in [5, 5.41) is 0. The maximum Gasteiger partial charge on any atom is 0.255 e. The Balaban J connectivity index is 2.87. The monoisotopic (exact) mass is 333 g/mol. The lowest BCUT2D eigenvalue weighted by Crippen LogP contribution is -2.36. The molecule has 0 heterocycles. The molecule has 0 aliphatic carbocycles. The molecule has 0 unspecified atom stereocenters. The van der Waals surface area contributed by atoms with Crippen molar-refractivity contribution < 1.29 is 18.7 Å². The Morgan fingerprint density at radius 2 is 1.84 bits per heavy atom. The summed E-state index contributed by atoms with van der Waals surface area (Å²) in [5.41, 5.74) is 0.298. The first-order valence-electron chi connectivity index (χ1n) is 5.83. The van der Waals surface area contributed by atoms with Crippen LogP contribution in [0.5, 0.6) is 0 Å². The molecule has 0 aliphatic rings. The van der Waals surface area contributed by atoms with E-state index in [1.54, 1.807) is 25.2 Å². The first-order valence-corrected chi connectivity index (χ1v) is 6.62. The van der Waals surface area contributed by atoms with Crippen LogP contribution in [0.3, 0.4) is 0 Å². The van der Waals surface area contributed by atoms with Crippen molar-refractivity contribution in [2.45, 2.75) is 0 Å². The highest BCUT2D eigenvalue weighted by Crippen LogP contribution is 2.21. The van der Waals surface area contributed by atoms with E-state index in [4.69, 9.17) is 9.47 Å². The van der Waals surface area contributed by atoms with Crippen LogP contribution in [0.1, 0.15) is 10.4 Å². The molecule has 1 rings (SSSR count). The van der Waals surface area contributed by atoms with Gasteiger partial charge in [0, 0.05) is 27.3 Å². The van der Waals surface area contributed by atoms with Gasteiger partial charge in [-0.15, -0.1) is 0 Å². The lowest BCUT2D eigenvalue weighted by molar-refractivity contribution is 0.0626. The van der Waals surface area contributed by atoms with Gasteiger partial charge in [0.15, 0.2) is 0 Å². The Bertz CT molecular complexity index is 420. The van der Waals surface area contributed by atoms with E-state index in [-0.39, 0.29) is 10.4 Å². The van der Waals surface area contributed by atoms with E-state index in [1.807, 2.05) is 0 Å². The number of carbonyl (C=O) groups excluding carboxylic acids is 1. The standard InChI is InChI=1S/C13H17BrFNO3/c1-18-8-6-16(7-9-19-2)13(17)10-4-3-5-11(15)12(10)14/h3-5H,6-9H2,1-2H3. The van der Waals surface area contributed by atoms with E-state index in [9.17, 15) is 9.18 Å². The highest BCUT2D eigenvalue weighted by molar-refractivity contribution is 9.10. The minimum absolute atomic E-state index is 0.180. The second-order valence-electron chi connectivity index (χ2n) is 3.88. The molecular weight excluding hydrogens is 317 g/mol. The lowest BCUT2D eigenvalue weighted by atomic mass is 10.2. The molecule has 1 aromatic rings. The topological polar surface area (TPSA) is 38.8 Å². The van der Waals surface area contributed by atoms with Crippen LogP contribution in [0.2, 0.25) is 0 Å². The van der Waals surface area contributed by atoms with Gasteiger partial charge >= 0.3 is 0 Å². The summed E-state index contributed by atoms with van der Waals surface area (Å²) < 4.78 is 23.6. The fourth-order valence-electron chi connectivity index (χ4n) is 1.56. The highest BCUT2D eigenvalue weighted by Gasteiger charge is 2.19. The molecule has 19 heavy (non-hydrogen) atoms. The minimum Gasteiger partial charge on any atom is -0.383 e. The van der Waals surface area contributed by atoms with Crippen LogP contribution in [0.4, 0.5) is 4.39 Å². The van der Waals surface area contributed by atoms with E-state index in [1.165, 1.54) is 12.1 Å². The van der Waals surface area contributed by atoms with Gasteiger partial charge < -0.3 is 14.4 Å². The third-order valence-corrected chi connectivity index (χ3v) is 3.41. The van der Waals surface area contributed by atoms with Gasteiger partial charge in [-0.25, -0.2) is 4.39 Å². The predicted molar refractivity (Wildman–Crippen MR) is 73.8 cm³/mol. The van der Waals surface area contributed by atoms with Crippen molar-refractivity contribution in [3.8, 4) is 0 Å². The number of carbonyl (C=O) groups is 1. The highest BCUT2D eigenvalue weighted by atomic mass is 79.9. The number of rotatable bonds is 7. The van der Waals surface area contributed by atoms with E-state index >= 15 is 0 Å². The number of halogens is 2. The summed E-state index contributed by atoms with van der Waals surface area (Å²) in [6.45, 7) is 1.70. The van der Waals surface area contributed by atoms with Crippen molar-refractivity contribution in [2.24, 2.45) is 0 Å². The molecule has 1 amide bonds. The number of methoxy groups -OCH3 is 2. The summed E-state index contributed by atoms with van der Waals surface area (Å²) in [6, 6.07) is 4.40. The largest absolute Gasteiger partial charge is 0.383 e. The zero-order chi connectivity index (χ0) is 14.3. The van der Waals surface area contributed by atoms with E-state index < -0.39 is 5.82 Å². The van der Waals surface area contributed by atoms with Crippen molar-refractivity contribution in [1.29, 1.82) is 0 Å². The average molecular weight is 334 g/mol. The van der Waals surface area contributed by atoms with Gasteiger partial charge in [0.25, 0.3) is 5.91 Å². The number of amides is 1. The summed E-state index contributed by atoms with van der Waals surface area (Å²) in [7, 11) is 3.13. The summed E-state index contributed by atoms with van der Waals surface area (Å²) in [5.74, 6) is -0.704. The molecule has 106 valence electrons. The maximum absolute atomic E-state index is 13.4. The Morgan fingerprint density at radius 1 is 1.26 bits per heavy atom. The van der Waals surface area contributed by atoms with E-state index in [0.717, 1.165) is 0 Å². The van der Waals surface area contributed by atoms with Gasteiger partial charge in [0.05, 0.1) is 23.2 Å². The van der Waals surface area contributed by atoms with Crippen molar-refractivity contribution in [3.63, 3.8) is 0 Å². The predicted octanol–water partition coefficient (Wildman–Crippen LogP) is 2.32. The lowest BCUT2D eigenvalue weighted by Gasteiger charge is -2.22. The molecule has 0 N–H and O–H groups in total. The Morgan fingerprint density at radius 3 is 2.37 bits per heavy atom. The van der Waals surface area contributed by atoms with Gasteiger partial charge in [0.2, 0.25) is 0 Å². The molecule has 4 nitrogen and oxygen atoms in total. The Kier molecular flexibility index (Phi) is 6.97. The van der Waals surface area contributed by atoms with Gasteiger partial charge in [-0.05, 0) is 28.1 Å². The molecule has 0 spiro atoms. The molecule has 0 fully saturated rings. The molecule has 0 atom stereocenters. The summed E-state index contributed by atoms with van der Waals surface area (Å²) in [6.07, 6.45) is 0. The van der Waals surface area contributed by atoms with Crippen molar-refractivity contribution in [2.75, 3.05) is 40.5 Å². The van der Waals surface area contributed by atoms with Crippen molar-refractivity contribution in [1.82, 2.24) is 4.90 Å². The fraction of sp³-hybridized carbons (Fsp3) is 0.462. The Hall–Kier alpha value is -0.980. The van der Waals surface area contributed by atoms with Crippen molar-refractivity contribution >= 4 is 21.8 Å². The molecule has 0 radical (unpaired) electrons. The van der Waals surface area contributed by atoms with Crippen LogP contribution in [0.15, 0.2) is 22.7 Å². The molecule has 0 aliphatic heterocycles. The molecule has 1 aromatic carbocycles. The van der Waals surface area contributed by atoms with Gasteiger partial charge in [-0.2, -0.15) is 0 Å². The third-order valence-electron chi connectivity index (χ3n) is 2.60. The van der Waals surface area contributed by atoms with Crippen LogP contribution in [0, 0.1) is 5.82 Å². The summed E-state index contributed by atoms with van der Waals surface area (Å²) >= 11 is 3.10.